The lowest BCUT2D eigenvalue weighted by atomic mass is 10.0. The average Bonchev–Trinajstić information content (AvgIpc) is 2.16. The number of aromatic nitrogens is 1. The molecule has 0 N–H and O–H groups in total. The first-order valence-electron chi connectivity index (χ1n) is 5.07. The summed E-state index contributed by atoms with van der Waals surface area (Å²) in [6, 6.07) is 3.27. The van der Waals surface area contributed by atoms with Gasteiger partial charge in [0.05, 0.1) is 17.0 Å². The van der Waals surface area contributed by atoms with Crippen LogP contribution in [0.5, 0.6) is 0 Å². The highest BCUT2D eigenvalue weighted by Gasteiger charge is 2.15. The Morgan fingerprint density at radius 2 is 1.73 bits per heavy atom. The van der Waals surface area contributed by atoms with Crippen molar-refractivity contribution in [3.05, 3.63) is 28.8 Å². The molecule has 2 nitrogen and oxygen atoms in total. The molecule has 0 saturated heterocycles. The molecule has 0 aliphatic rings. The molecule has 0 fully saturated rings. The van der Waals surface area contributed by atoms with Crippen LogP contribution in [0.15, 0.2) is 6.07 Å². The van der Waals surface area contributed by atoms with Gasteiger partial charge >= 0.3 is 0 Å². The van der Waals surface area contributed by atoms with Gasteiger partial charge in [-0.05, 0) is 17.9 Å². The molecule has 1 aromatic heterocycles. The first-order chi connectivity index (χ1) is 6.97. The van der Waals surface area contributed by atoms with Gasteiger partial charge in [0.15, 0.2) is 0 Å². The van der Waals surface area contributed by atoms with E-state index >= 15 is 0 Å². The topological polar surface area (TPSA) is 36.7 Å². The quantitative estimate of drug-likeness (QED) is 0.744. The predicted octanol–water partition coefficient (Wildman–Crippen LogP) is 3.34. The van der Waals surface area contributed by atoms with Crippen molar-refractivity contribution in [3.8, 4) is 6.07 Å². The largest absolute Gasteiger partial charge is 0.253 e. The lowest BCUT2D eigenvalue weighted by Gasteiger charge is -2.12. The van der Waals surface area contributed by atoms with Crippen molar-refractivity contribution in [1.29, 1.82) is 5.26 Å². The highest BCUT2D eigenvalue weighted by atomic mass is 19.1. The molecule has 3 heteroatoms. The van der Waals surface area contributed by atoms with Crippen LogP contribution in [0.4, 0.5) is 4.39 Å². The Morgan fingerprint density at radius 1 is 1.20 bits per heavy atom. The molecule has 0 amide bonds. The van der Waals surface area contributed by atoms with Gasteiger partial charge in [-0.3, -0.25) is 4.98 Å². The number of hydrogen-bond donors (Lipinski definition) is 0. The number of pyridine rings is 1. The maximum Gasteiger partial charge on any atom is 0.146 e. The molecule has 0 atom stereocenters. The minimum absolute atomic E-state index is 0.0373. The van der Waals surface area contributed by atoms with Gasteiger partial charge < -0.3 is 0 Å². The lowest BCUT2D eigenvalue weighted by molar-refractivity contribution is 0.577. The van der Waals surface area contributed by atoms with E-state index in [4.69, 9.17) is 5.26 Å². The molecule has 1 rings (SSSR count). The van der Waals surface area contributed by atoms with Crippen molar-refractivity contribution in [2.75, 3.05) is 0 Å². The van der Waals surface area contributed by atoms with Crippen LogP contribution in [0.1, 0.15) is 56.5 Å². The van der Waals surface area contributed by atoms with Crippen LogP contribution in [0.3, 0.4) is 0 Å². The molecule has 80 valence electrons. The maximum atomic E-state index is 13.5. The van der Waals surface area contributed by atoms with Gasteiger partial charge in [-0.2, -0.15) is 5.26 Å². The molecule has 1 heterocycles. The Kier molecular flexibility index (Phi) is 3.41. The van der Waals surface area contributed by atoms with E-state index in [0.29, 0.717) is 17.0 Å². The maximum absolute atomic E-state index is 13.5. The molecule has 0 radical (unpaired) electrons. The van der Waals surface area contributed by atoms with Gasteiger partial charge in [0.2, 0.25) is 0 Å². The second-order valence-electron chi connectivity index (χ2n) is 4.21. The highest BCUT2D eigenvalue weighted by molar-refractivity contribution is 5.37. The van der Waals surface area contributed by atoms with E-state index in [-0.39, 0.29) is 17.7 Å². The molecular formula is C12H15FN2. The summed E-state index contributed by atoms with van der Waals surface area (Å²) in [6.45, 7) is 7.68. The van der Waals surface area contributed by atoms with Crippen molar-refractivity contribution in [2.45, 2.75) is 39.5 Å². The predicted molar refractivity (Wildman–Crippen MR) is 57.1 cm³/mol. The van der Waals surface area contributed by atoms with Gasteiger partial charge in [-0.1, -0.05) is 27.7 Å². The Balaban J connectivity index is 3.39. The summed E-state index contributed by atoms with van der Waals surface area (Å²) in [4.78, 5) is 4.24. The summed E-state index contributed by atoms with van der Waals surface area (Å²) in [5.74, 6) is -0.209. The van der Waals surface area contributed by atoms with Crippen molar-refractivity contribution >= 4 is 0 Å². The third-order valence-electron chi connectivity index (χ3n) is 2.25. The van der Waals surface area contributed by atoms with Crippen LogP contribution in [-0.2, 0) is 0 Å². The first-order valence-corrected chi connectivity index (χ1v) is 5.07. The fourth-order valence-corrected chi connectivity index (χ4v) is 1.45. The third-order valence-corrected chi connectivity index (χ3v) is 2.25. The molecule has 0 unspecified atom stereocenters. The van der Waals surface area contributed by atoms with Crippen LogP contribution < -0.4 is 0 Å². The van der Waals surface area contributed by atoms with E-state index in [9.17, 15) is 4.39 Å². The van der Waals surface area contributed by atoms with Crippen molar-refractivity contribution in [2.24, 2.45) is 0 Å². The van der Waals surface area contributed by atoms with Gasteiger partial charge in [-0.15, -0.1) is 0 Å². The van der Waals surface area contributed by atoms with E-state index in [1.807, 2.05) is 33.8 Å². The van der Waals surface area contributed by atoms with Crippen LogP contribution in [0, 0.1) is 17.1 Å². The van der Waals surface area contributed by atoms with Gasteiger partial charge in [-0.25, -0.2) is 4.39 Å². The van der Waals surface area contributed by atoms with Crippen LogP contribution in [-0.4, -0.2) is 4.98 Å². The van der Waals surface area contributed by atoms with Crippen LogP contribution in [0.25, 0.3) is 0 Å². The summed E-state index contributed by atoms with van der Waals surface area (Å²) >= 11 is 0. The number of nitriles is 1. The second kappa shape index (κ2) is 4.39. The van der Waals surface area contributed by atoms with Crippen LogP contribution >= 0.6 is 0 Å². The standard InChI is InChI=1S/C12H15FN2/c1-7(2)11-9(6-14)5-10(13)12(15-11)8(3)4/h5,7-8H,1-4H3. The normalized spacial score (nSPS) is 10.8. The molecule has 1 aromatic rings. The molecular weight excluding hydrogens is 191 g/mol. The first kappa shape index (κ1) is 11.6. The zero-order valence-electron chi connectivity index (χ0n) is 9.50. The summed E-state index contributed by atoms with van der Waals surface area (Å²) in [5.41, 5.74) is 1.47. The van der Waals surface area contributed by atoms with Crippen molar-refractivity contribution in [1.82, 2.24) is 4.98 Å². The monoisotopic (exact) mass is 206 g/mol. The number of halogens is 1. The van der Waals surface area contributed by atoms with Gasteiger partial charge in [0, 0.05) is 0 Å². The molecule has 0 spiro atoms. The molecule has 0 saturated carbocycles. The third kappa shape index (κ3) is 2.33. The summed E-state index contributed by atoms with van der Waals surface area (Å²) in [6.07, 6.45) is 0. The summed E-state index contributed by atoms with van der Waals surface area (Å²) < 4.78 is 13.5. The zero-order chi connectivity index (χ0) is 11.6. The number of nitrogens with zero attached hydrogens (tertiary/aromatic N) is 2. The number of hydrogen-bond acceptors (Lipinski definition) is 2. The SMILES string of the molecule is CC(C)c1nc(C(C)C)c(C#N)cc1F. The minimum atomic E-state index is -0.383. The smallest absolute Gasteiger partial charge is 0.146 e. The molecule has 15 heavy (non-hydrogen) atoms. The van der Waals surface area contributed by atoms with E-state index in [1.165, 1.54) is 6.07 Å². The van der Waals surface area contributed by atoms with E-state index in [2.05, 4.69) is 4.98 Å². The van der Waals surface area contributed by atoms with Crippen molar-refractivity contribution in [3.63, 3.8) is 0 Å². The fraction of sp³-hybridized carbons (Fsp3) is 0.500. The van der Waals surface area contributed by atoms with E-state index < -0.39 is 0 Å². The van der Waals surface area contributed by atoms with Crippen molar-refractivity contribution < 1.29 is 4.39 Å². The van der Waals surface area contributed by atoms with Crippen LogP contribution in [0.2, 0.25) is 0 Å². The Morgan fingerprint density at radius 3 is 2.13 bits per heavy atom. The molecule has 0 aliphatic carbocycles. The molecule has 0 aliphatic heterocycles. The zero-order valence-corrected chi connectivity index (χ0v) is 9.50. The Labute approximate surface area is 89.8 Å². The number of rotatable bonds is 2. The van der Waals surface area contributed by atoms with E-state index in [0.717, 1.165) is 0 Å². The second-order valence-corrected chi connectivity index (χ2v) is 4.21. The van der Waals surface area contributed by atoms with Gasteiger partial charge in [0.1, 0.15) is 11.9 Å². The minimum Gasteiger partial charge on any atom is -0.253 e. The Hall–Kier alpha value is -1.43. The molecule has 0 aromatic carbocycles. The van der Waals surface area contributed by atoms with Gasteiger partial charge in [0.25, 0.3) is 0 Å². The fourth-order valence-electron chi connectivity index (χ4n) is 1.45. The van der Waals surface area contributed by atoms with E-state index in [1.54, 1.807) is 0 Å². The average molecular weight is 206 g/mol. The molecule has 0 bridgehead atoms. The summed E-state index contributed by atoms with van der Waals surface area (Å²) in [5, 5.41) is 8.86. The highest BCUT2D eigenvalue weighted by Crippen LogP contribution is 2.23. The lowest BCUT2D eigenvalue weighted by Crippen LogP contribution is -2.05. The summed E-state index contributed by atoms with van der Waals surface area (Å²) in [7, 11) is 0. The Bertz CT molecular complexity index is 403.